The highest BCUT2D eigenvalue weighted by Gasteiger charge is 2.24. The van der Waals surface area contributed by atoms with Crippen LogP contribution in [-0.4, -0.2) is 78.9 Å². The fourth-order valence-electron chi connectivity index (χ4n) is 6.12. The van der Waals surface area contributed by atoms with Crippen LogP contribution in [0.25, 0.3) is 17.1 Å². The number of nitrogens with one attached hydrogen (secondary N) is 3. The fraction of sp³-hybridized carbons (Fsp3) is 0.432. The third-order valence-electron chi connectivity index (χ3n) is 9.00. The summed E-state index contributed by atoms with van der Waals surface area (Å²) in [6, 6.07) is 10.3. The van der Waals surface area contributed by atoms with Crippen molar-refractivity contribution in [3.63, 3.8) is 0 Å². The Morgan fingerprint density at radius 1 is 0.922 bits per heavy atom. The second-order valence-corrected chi connectivity index (χ2v) is 13.2. The van der Waals surface area contributed by atoms with E-state index in [0.717, 1.165) is 43.4 Å². The molecular weight excluding hydrogens is 654 g/mol. The van der Waals surface area contributed by atoms with Crippen LogP contribution in [0.3, 0.4) is 0 Å². The monoisotopic (exact) mass is 701 g/mol. The van der Waals surface area contributed by atoms with Crippen molar-refractivity contribution in [1.29, 1.82) is 0 Å². The van der Waals surface area contributed by atoms with Gasteiger partial charge in [0, 0.05) is 57.3 Å². The zero-order valence-corrected chi connectivity index (χ0v) is 29.2. The summed E-state index contributed by atoms with van der Waals surface area (Å²) in [5.41, 5.74) is 5.17. The maximum Gasteiger partial charge on any atom is 0.434 e. The molecule has 5 N–H and O–H groups in total. The number of amides is 3. The molecule has 0 unspecified atom stereocenters. The van der Waals surface area contributed by atoms with Crippen LogP contribution in [0.4, 0.5) is 4.79 Å². The van der Waals surface area contributed by atoms with Crippen LogP contribution in [0, 0.1) is 0 Å². The van der Waals surface area contributed by atoms with Crippen molar-refractivity contribution >= 4 is 17.9 Å². The first-order valence-electron chi connectivity index (χ1n) is 17.6. The number of phenols is 2. The van der Waals surface area contributed by atoms with Gasteiger partial charge in [-0.2, -0.15) is 10.6 Å². The van der Waals surface area contributed by atoms with E-state index in [1.165, 1.54) is 10.6 Å². The van der Waals surface area contributed by atoms with Crippen LogP contribution in [0.2, 0.25) is 0 Å². The maximum atomic E-state index is 12.8. The van der Waals surface area contributed by atoms with E-state index >= 15 is 0 Å². The first kappa shape index (κ1) is 36.9. The molecule has 1 aliphatic heterocycles. The van der Waals surface area contributed by atoms with Crippen LogP contribution < -0.4 is 16.5 Å². The molecule has 3 aromatic rings. The van der Waals surface area contributed by atoms with Crippen LogP contribution >= 0.6 is 0 Å². The van der Waals surface area contributed by atoms with Gasteiger partial charge in [0.05, 0.1) is 11.3 Å². The number of hydrogen-bond donors (Lipinski definition) is 5. The van der Waals surface area contributed by atoms with Gasteiger partial charge in [0.2, 0.25) is 5.91 Å². The predicted octanol–water partition coefficient (Wildman–Crippen LogP) is 4.74. The quantitative estimate of drug-likeness (QED) is 0.124. The molecule has 1 aromatic heterocycles. The Hall–Kier alpha value is -5.37. The SMILES string of the molecule is CC(C)c1cc(-c2n[nH]c(=O)n2-c2ccc(CN3CCN(C(=O)ONC(=O)CCCCCCC(=O)NC4=CCCC=C4)CC3)cc2)c(O)cc1O. The van der Waals surface area contributed by atoms with Gasteiger partial charge in [0.1, 0.15) is 11.5 Å². The summed E-state index contributed by atoms with van der Waals surface area (Å²) < 4.78 is 1.38. The summed E-state index contributed by atoms with van der Waals surface area (Å²) in [5.74, 6) is -0.352. The van der Waals surface area contributed by atoms with Crippen LogP contribution in [0.15, 0.2) is 65.1 Å². The molecular formula is C37H47N7O7. The lowest BCUT2D eigenvalue weighted by atomic mass is 9.98. The molecule has 0 atom stereocenters. The minimum Gasteiger partial charge on any atom is -0.508 e. The molecule has 1 aliphatic carbocycles. The largest absolute Gasteiger partial charge is 0.508 e. The Morgan fingerprint density at radius 2 is 1.63 bits per heavy atom. The summed E-state index contributed by atoms with van der Waals surface area (Å²) in [7, 11) is 0. The molecule has 2 aliphatic rings. The van der Waals surface area contributed by atoms with Crippen molar-refractivity contribution in [1.82, 2.24) is 35.4 Å². The molecule has 3 amide bonds. The standard InChI is InChI=1S/C37H47N7O7/c1-25(2)29-22-30(32(46)23-31(29)45)35-39-40-36(49)44(35)28-16-14-26(15-17-28)24-42-18-20-43(21-19-42)37(50)51-41-34(48)13-9-4-3-8-12-33(47)38-27-10-6-5-7-11-27/h6,10-11,14-17,22-23,25,45-46H,3-5,7-9,12-13,18-21,24H2,1-2H3,(H,38,47)(H,40,49)(H,41,48). The van der Waals surface area contributed by atoms with Crippen molar-refractivity contribution in [3.8, 4) is 28.6 Å². The number of carbonyl (C=O) groups excluding carboxylic acids is 3. The molecule has 1 fully saturated rings. The fourth-order valence-corrected chi connectivity index (χ4v) is 6.12. The minimum atomic E-state index is -0.595. The highest BCUT2D eigenvalue weighted by molar-refractivity contribution is 5.78. The van der Waals surface area contributed by atoms with Gasteiger partial charge in [-0.25, -0.2) is 19.3 Å². The number of benzene rings is 2. The Morgan fingerprint density at radius 3 is 2.29 bits per heavy atom. The van der Waals surface area contributed by atoms with Gasteiger partial charge in [0.25, 0.3) is 5.91 Å². The summed E-state index contributed by atoms with van der Waals surface area (Å²) >= 11 is 0. The number of H-pyrrole nitrogens is 1. The lowest BCUT2D eigenvalue weighted by molar-refractivity contribution is -0.130. The number of carbonyl (C=O) groups is 3. The lowest BCUT2D eigenvalue weighted by Crippen LogP contribution is -2.49. The Kier molecular flexibility index (Phi) is 12.7. The molecule has 2 aromatic carbocycles. The van der Waals surface area contributed by atoms with Gasteiger partial charge in [-0.1, -0.05) is 51.0 Å². The number of aromatic amines is 1. The number of rotatable bonds is 13. The molecule has 0 bridgehead atoms. The number of hydroxylamine groups is 1. The van der Waals surface area contributed by atoms with Crippen molar-refractivity contribution in [2.45, 2.75) is 77.7 Å². The topological polar surface area (TPSA) is 182 Å². The number of aromatic nitrogens is 3. The van der Waals surface area contributed by atoms with E-state index in [-0.39, 0.29) is 41.5 Å². The Labute approximate surface area is 296 Å². The van der Waals surface area contributed by atoms with Gasteiger partial charge in [-0.05, 0) is 67.0 Å². The first-order valence-corrected chi connectivity index (χ1v) is 17.6. The number of unbranched alkanes of at least 4 members (excludes halogenated alkanes) is 3. The van der Waals surface area contributed by atoms with Gasteiger partial charge in [-0.15, -0.1) is 0 Å². The summed E-state index contributed by atoms with van der Waals surface area (Å²) in [6.45, 7) is 6.57. The van der Waals surface area contributed by atoms with E-state index in [0.29, 0.717) is 62.4 Å². The van der Waals surface area contributed by atoms with Gasteiger partial charge < -0.3 is 25.3 Å². The van der Waals surface area contributed by atoms with E-state index in [2.05, 4.69) is 25.9 Å². The minimum absolute atomic E-state index is 0.00237. The normalized spacial score (nSPS) is 14.7. The molecule has 2 heterocycles. The molecule has 272 valence electrons. The number of aromatic hydroxyl groups is 2. The third kappa shape index (κ3) is 10.1. The molecule has 1 saturated heterocycles. The Balaban J connectivity index is 1.01. The van der Waals surface area contributed by atoms with Crippen molar-refractivity contribution in [3.05, 3.63) is 81.9 Å². The zero-order valence-electron chi connectivity index (χ0n) is 29.2. The highest BCUT2D eigenvalue weighted by atomic mass is 16.7. The van der Waals surface area contributed by atoms with Crippen molar-refractivity contribution in [2.24, 2.45) is 0 Å². The first-order chi connectivity index (χ1) is 24.6. The van der Waals surface area contributed by atoms with E-state index in [1.54, 1.807) is 23.1 Å². The number of nitrogens with zero attached hydrogens (tertiary/aromatic N) is 4. The second-order valence-electron chi connectivity index (χ2n) is 13.2. The van der Waals surface area contributed by atoms with Crippen molar-refractivity contribution in [2.75, 3.05) is 26.2 Å². The lowest BCUT2D eigenvalue weighted by Gasteiger charge is -2.33. The molecule has 0 saturated carbocycles. The summed E-state index contributed by atoms with van der Waals surface area (Å²) in [6.07, 6.45) is 11.0. The molecule has 14 heteroatoms. The van der Waals surface area contributed by atoms with Gasteiger partial charge in [0.15, 0.2) is 5.82 Å². The van der Waals surface area contributed by atoms with E-state index in [4.69, 9.17) is 4.84 Å². The molecule has 0 radical (unpaired) electrons. The summed E-state index contributed by atoms with van der Waals surface area (Å²) in [4.78, 5) is 58.3. The van der Waals surface area contributed by atoms with Gasteiger partial charge in [-0.3, -0.25) is 14.5 Å². The summed E-state index contributed by atoms with van der Waals surface area (Å²) in [5, 5.41) is 30.3. The van der Waals surface area contributed by atoms with Crippen LogP contribution in [-0.2, 0) is 21.0 Å². The number of piperazine rings is 1. The number of allylic oxidation sites excluding steroid dienone is 3. The second kappa shape index (κ2) is 17.5. The smallest absolute Gasteiger partial charge is 0.434 e. The van der Waals surface area contributed by atoms with Crippen LogP contribution in [0.5, 0.6) is 11.5 Å². The molecule has 14 nitrogen and oxygen atoms in total. The number of phenolic OH excluding ortho intramolecular Hbond substituents is 2. The van der Waals surface area contributed by atoms with E-state index in [9.17, 15) is 29.4 Å². The number of hydrogen-bond acceptors (Lipinski definition) is 9. The van der Waals surface area contributed by atoms with Crippen LogP contribution in [0.1, 0.15) is 82.3 Å². The van der Waals surface area contributed by atoms with Crippen molar-refractivity contribution < 1.29 is 29.4 Å². The molecule has 5 rings (SSSR count). The van der Waals surface area contributed by atoms with E-state index < -0.39 is 11.8 Å². The average Bonchev–Trinajstić information content (AvgIpc) is 3.50. The Bertz CT molecular complexity index is 1800. The third-order valence-corrected chi connectivity index (χ3v) is 9.00. The maximum absolute atomic E-state index is 12.8. The average molecular weight is 702 g/mol. The van der Waals surface area contributed by atoms with Gasteiger partial charge >= 0.3 is 11.8 Å². The predicted molar refractivity (Wildman–Crippen MR) is 191 cm³/mol. The highest BCUT2D eigenvalue weighted by Crippen LogP contribution is 2.37. The molecule has 51 heavy (non-hydrogen) atoms. The molecule has 0 spiro atoms. The van der Waals surface area contributed by atoms with E-state index in [1.807, 2.05) is 44.2 Å². The zero-order chi connectivity index (χ0) is 36.3.